The number of aromatic nitrogens is 3. The van der Waals surface area contributed by atoms with Gasteiger partial charge in [-0.2, -0.15) is 0 Å². The number of carbonyl (C=O) groups excluding carboxylic acids is 2. The second kappa shape index (κ2) is 5.94. The lowest BCUT2D eigenvalue weighted by Crippen LogP contribution is -2.33. The Morgan fingerprint density at radius 3 is 2.94 bits per heavy atom. The van der Waals surface area contributed by atoms with E-state index in [4.69, 9.17) is 0 Å². The molecule has 0 saturated carbocycles. The van der Waals surface area contributed by atoms with Gasteiger partial charge in [0, 0.05) is 0 Å². The normalized spacial score (nSPS) is 11.9. The summed E-state index contributed by atoms with van der Waals surface area (Å²) in [6, 6.07) is 0. The van der Waals surface area contributed by atoms with E-state index in [0.717, 1.165) is 7.11 Å². The first kappa shape index (κ1) is 13.1. The van der Waals surface area contributed by atoms with Crippen LogP contribution < -0.4 is 5.32 Å². The van der Waals surface area contributed by atoms with Crippen molar-refractivity contribution in [3.05, 3.63) is 11.9 Å². The number of aliphatic hydroxyl groups is 1. The molecular weight excluding hydrogens is 228 g/mol. The molecule has 0 aliphatic rings. The van der Waals surface area contributed by atoms with Crippen LogP contribution in [-0.4, -0.2) is 39.2 Å². The maximum absolute atomic E-state index is 11.3. The molecule has 1 atom stereocenters. The van der Waals surface area contributed by atoms with Crippen LogP contribution in [0.1, 0.15) is 25.1 Å². The summed E-state index contributed by atoms with van der Waals surface area (Å²) in [5.74, 6) is -0.570. The topological polar surface area (TPSA) is 106 Å². The second-order valence-corrected chi connectivity index (χ2v) is 3.30. The maximum atomic E-state index is 11.3. The second-order valence-electron chi connectivity index (χ2n) is 3.30. The van der Waals surface area contributed by atoms with E-state index in [9.17, 15) is 14.7 Å². The molecule has 2 amide bonds. The third-order valence-electron chi connectivity index (χ3n) is 2.02. The summed E-state index contributed by atoms with van der Waals surface area (Å²) in [6.45, 7) is 1.63. The Labute approximate surface area is 97.6 Å². The number of ether oxygens (including phenoxy) is 1. The zero-order valence-electron chi connectivity index (χ0n) is 9.58. The molecule has 94 valence electrons. The van der Waals surface area contributed by atoms with Crippen LogP contribution in [0.5, 0.6) is 0 Å². The van der Waals surface area contributed by atoms with Gasteiger partial charge in [-0.15, -0.1) is 5.10 Å². The van der Waals surface area contributed by atoms with E-state index in [2.05, 4.69) is 15.0 Å². The molecule has 0 fully saturated rings. The molecule has 1 unspecified atom stereocenters. The number of alkyl carbamates (subject to hydrolysis) is 1. The van der Waals surface area contributed by atoms with Crippen molar-refractivity contribution in [2.75, 3.05) is 7.11 Å². The smallest absolute Gasteiger partial charge is 0.413 e. The first-order chi connectivity index (χ1) is 8.06. The number of nitrogens with zero attached hydrogens (tertiary/aromatic N) is 3. The molecular formula is C9H14N4O4. The van der Waals surface area contributed by atoms with Gasteiger partial charge in [0.1, 0.15) is 12.2 Å². The fourth-order valence-electron chi connectivity index (χ4n) is 1.10. The molecule has 0 aromatic carbocycles. The Balaban J connectivity index is 2.54. The van der Waals surface area contributed by atoms with Gasteiger partial charge < -0.3 is 9.84 Å². The molecule has 2 N–H and O–H groups in total. The van der Waals surface area contributed by atoms with Crippen LogP contribution in [0.15, 0.2) is 6.20 Å². The molecule has 1 aromatic rings. The fourth-order valence-corrected chi connectivity index (χ4v) is 1.10. The SMILES string of the molecule is CCC(O)c1cn(CC(=O)NC(=O)OC)nn1. The first-order valence-corrected chi connectivity index (χ1v) is 5.02. The number of carbonyl (C=O) groups is 2. The molecule has 0 radical (unpaired) electrons. The van der Waals surface area contributed by atoms with Crippen molar-refractivity contribution in [3.8, 4) is 0 Å². The van der Waals surface area contributed by atoms with E-state index >= 15 is 0 Å². The fraction of sp³-hybridized carbons (Fsp3) is 0.556. The van der Waals surface area contributed by atoms with Gasteiger partial charge in [0.2, 0.25) is 0 Å². The molecule has 8 heteroatoms. The summed E-state index contributed by atoms with van der Waals surface area (Å²) in [6.07, 6.45) is 0.425. The Hall–Kier alpha value is -1.96. The van der Waals surface area contributed by atoms with Gasteiger partial charge in [-0.05, 0) is 6.42 Å². The zero-order chi connectivity index (χ0) is 12.8. The molecule has 0 saturated heterocycles. The minimum absolute atomic E-state index is 0.168. The lowest BCUT2D eigenvalue weighted by atomic mass is 10.2. The van der Waals surface area contributed by atoms with Crippen molar-refractivity contribution in [1.82, 2.24) is 20.3 Å². The molecule has 0 spiro atoms. The minimum atomic E-state index is -0.830. The van der Waals surface area contributed by atoms with E-state index in [1.165, 1.54) is 10.9 Å². The summed E-state index contributed by atoms with van der Waals surface area (Å²) >= 11 is 0. The number of hydrogen-bond acceptors (Lipinski definition) is 6. The molecule has 8 nitrogen and oxygen atoms in total. The van der Waals surface area contributed by atoms with Crippen LogP contribution >= 0.6 is 0 Å². The van der Waals surface area contributed by atoms with Gasteiger partial charge in [0.25, 0.3) is 5.91 Å². The number of aliphatic hydroxyl groups excluding tert-OH is 1. The summed E-state index contributed by atoms with van der Waals surface area (Å²) in [5.41, 5.74) is 0.387. The molecule has 17 heavy (non-hydrogen) atoms. The molecule has 0 aliphatic heterocycles. The van der Waals surface area contributed by atoms with Crippen molar-refractivity contribution in [2.45, 2.75) is 26.0 Å². The lowest BCUT2D eigenvalue weighted by Gasteiger charge is -2.02. The first-order valence-electron chi connectivity index (χ1n) is 5.02. The Bertz CT molecular complexity index is 403. The van der Waals surface area contributed by atoms with E-state index < -0.39 is 18.1 Å². The van der Waals surface area contributed by atoms with Gasteiger partial charge in [-0.3, -0.25) is 10.1 Å². The number of imide groups is 1. The van der Waals surface area contributed by atoms with E-state index in [-0.39, 0.29) is 6.54 Å². The Morgan fingerprint density at radius 1 is 1.65 bits per heavy atom. The van der Waals surface area contributed by atoms with Gasteiger partial charge in [0.15, 0.2) is 0 Å². The van der Waals surface area contributed by atoms with Crippen molar-refractivity contribution in [3.63, 3.8) is 0 Å². The van der Waals surface area contributed by atoms with Crippen LogP contribution in [0.25, 0.3) is 0 Å². The van der Waals surface area contributed by atoms with E-state index in [0.29, 0.717) is 12.1 Å². The van der Waals surface area contributed by atoms with Gasteiger partial charge in [-0.25, -0.2) is 9.48 Å². The van der Waals surface area contributed by atoms with Crippen molar-refractivity contribution in [1.29, 1.82) is 0 Å². The van der Waals surface area contributed by atoms with Crippen molar-refractivity contribution >= 4 is 12.0 Å². The maximum Gasteiger partial charge on any atom is 0.413 e. The monoisotopic (exact) mass is 242 g/mol. The highest BCUT2D eigenvalue weighted by Gasteiger charge is 2.12. The Morgan fingerprint density at radius 2 is 2.35 bits per heavy atom. The van der Waals surface area contributed by atoms with Crippen LogP contribution in [0.4, 0.5) is 4.79 Å². The lowest BCUT2D eigenvalue weighted by molar-refractivity contribution is -0.121. The molecule has 1 heterocycles. The van der Waals surface area contributed by atoms with E-state index in [1.807, 2.05) is 5.32 Å². The van der Waals surface area contributed by atoms with Gasteiger partial charge in [0.05, 0.1) is 19.4 Å². The highest BCUT2D eigenvalue weighted by molar-refractivity contribution is 5.91. The van der Waals surface area contributed by atoms with Crippen LogP contribution in [0, 0.1) is 0 Å². The predicted octanol–water partition coefficient (Wildman–Crippen LogP) is -0.396. The molecule has 1 aromatic heterocycles. The molecule has 1 rings (SSSR count). The highest BCUT2D eigenvalue weighted by Crippen LogP contribution is 2.11. The number of hydrogen-bond donors (Lipinski definition) is 2. The number of methoxy groups -OCH3 is 1. The summed E-state index contributed by atoms with van der Waals surface area (Å²) in [4.78, 5) is 22.0. The van der Waals surface area contributed by atoms with Crippen LogP contribution in [-0.2, 0) is 16.1 Å². The standard InChI is InChI=1S/C9H14N4O4/c1-3-7(14)6-4-13(12-11-6)5-8(15)10-9(16)17-2/h4,7,14H,3,5H2,1-2H3,(H,10,15,16). The minimum Gasteiger partial charge on any atom is -0.453 e. The average molecular weight is 242 g/mol. The van der Waals surface area contributed by atoms with Crippen LogP contribution in [0.3, 0.4) is 0 Å². The quantitative estimate of drug-likeness (QED) is 0.744. The third kappa shape index (κ3) is 3.83. The number of rotatable bonds is 4. The van der Waals surface area contributed by atoms with Crippen molar-refractivity contribution in [2.24, 2.45) is 0 Å². The summed E-state index contributed by atoms with van der Waals surface area (Å²) in [5, 5.41) is 18.8. The highest BCUT2D eigenvalue weighted by atomic mass is 16.5. The Kier molecular flexibility index (Phi) is 4.58. The number of nitrogens with one attached hydrogen (secondary N) is 1. The molecule has 0 bridgehead atoms. The number of amides is 2. The van der Waals surface area contributed by atoms with E-state index in [1.54, 1.807) is 6.92 Å². The van der Waals surface area contributed by atoms with Crippen molar-refractivity contribution < 1.29 is 19.4 Å². The zero-order valence-corrected chi connectivity index (χ0v) is 9.58. The summed E-state index contributed by atoms with van der Waals surface area (Å²) in [7, 11) is 1.16. The third-order valence-corrected chi connectivity index (χ3v) is 2.02. The van der Waals surface area contributed by atoms with Crippen LogP contribution in [0.2, 0.25) is 0 Å². The van der Waals surface area contributed by atoms with Gasteiger partial charge in [-0.1, -0.05) is 12.1 Å². The average Bonchev–Trinajstić information content (AvgIpc) is 2.76. The predicted molar refractivity (Wildman–Crippen MR) is 55.8 cm³/mol. The van der Waals surface area contributed by atoms with Gasteiger partial charge >= 0.3 is 6.09 Å². The largest absolute Gasteiger partial charge is 0.453 e. The summed E-state index contributed by atoms with van der Waals surface area (Å²) < 4.78 is 5.49. The molecule has 0 aliphatic carbocycles.